The van der Waals surface area contributed by atoms with Crippen molar-refractivity contribution in [1.29, 1.82) is 0 Å². The molecule has 224 valence electrons. The van der Waals surface area contributed by atoms with E-state index in [2.05, 4.69) is 15.5 Å². The van der Waals surface area contributed by atoms with Crippen LogP contribution < -0.4 is 15.8 Å². The number of ether oxygens (including phenoxy) is 1. The molecule has 0 radical (unpaired) electrons. The van der Waals surface area contributed by atoms with E-state index in [9.17, 15) is 19.2 Å². The van der Waals surface area contributed by atoms with Crippen LogP contribution >= 0.6 is 11.6 Å². The van der Waals surface area contributed by atoms with E-state index < -0.39 is 41.8 Å². The van der Waals surface area contributed by atoms with Gasteiger partial charge in [-0.25, -0.2) is 4.79 Å². The predicted octanol–water partition coefficient (Wildman–Crippen LogP) is 3.40. The summed E-state index contributed by atoms with van der Waals surface area (Å²) in [6.45, 7) is 6.06. The van der Waals surface area contributed by atoms with E-state index in [-0.39, 0.29) is 29.6 Å². The highest BCUT2D eigenvalue weighted by Crippen LogP contribution is 2.45. The highest BCUT2D eigenvalue weighted by molar-refractivity contribution is 6.30. The number of ketones is 1. The van der Waals surface area contributed by atoms with Crippen LogP contribution in [0.2, 0.25) is 5.02 Å². The lowest BCUT2D eigenvalue weighted by Gasteiger charge is -2.35. The van der Waals surface area contributed by atoms with Gasteiger partial charge in [0.15, 0.2) is 5.78 Å². The van der Waals surface area contributed by atoms with Crippen LogP contribution in [0.1, 0.15) is 66.5 Å². The molecule has 0 saturated carbocycles. The van der Waals surface area contributed by atoms with Crippen molar-refractivity contribution in [3.05, 3.63) is 82.1 Å². The summed E-state index contributed by atoms with van der Waals surface area (Å²) in [5.41, 5.74) is 6.66. The summed E-state index contributed by atoms with van der Waals surface area (Å²) in [6.07, 6.45) is 1.13. The molecule has 43 heavy (non-hydrogen) atoms. The Morgan fingerprint density at radius 1 is 1.12 bits per heavy atom. The number of benzene rings is 2. The number of amidine groups is 1. The van der Waals surface area contributed by atoms with Crippen LogP contribution in [0.15, 0.2) is 59.7 Å². The Bertz CT molecular complexity index is 1580. The molecule has 2 atom stereocenters. The third-order valence-electron chi connectivity index (χ3n) is 6.93. The summed E-state index contributed by atoms with van der Waals surface area (Å²) in [4.78, 5) is 59.0. The first kappa shape index (κ1) is 29.8. The smallest absolute Gasteiger partial charge is 0.326 e. The van der Waals surface area contributed by atoms with Gasteiger partial charge in [-0.1, -0.05) is 29.8 Å². The zero-order valence-corrected chi connectivity index (χ0v) is 24.7. The Kier molecular flexibility index (Phi) is 8.23. The zero-order chi connectivity index (χ0) is 30.9. The fourth-order valence-corrected chi connectivity index (χ4v) is 5.24. The van der Waals surface area contributed by atoms with Gasteiger partial charge >= 0.3 is 6.03 Å². The zero-order valence-electron chi connectivity index (χ0n) is 24.0. The molecule has 2 unspecified atom stereocenters. The van der Waals surface area contributed by atoms with E-state index in [4.69, 9.17) is 27.1 Å². The van der Waals surface area contributed by atoms with Crippen LogP contribution in [-0.4, -0.2) is 74.7 Å². The number of rotatable bonds is 7. The van der Waals surface area contributed by atoms with Crippen molar-refractivity contribution in [2.45, 2.75) is 44.9 Å². The van der Waals surface area contributed by atoms with Crippen molar-refractivity contribution in [3.8, 4) is 5.75 Å². The SMILES string of the molecule is CC(C)(C)Oc1cc(C(=O)CC(N)=O)ccc1C1=NC(c2ccc(Cl)cc2)C(c2ccn[nH]2)N1C(=O)N1CCNC(=O)C1. The number of primary amides is 1. The molecule has 1 aromatic heterocycles. The minimum Gasteiger partial charge on any atom is -0.487 e. The first-order chi connectivity index (χ1) is 20.4. The number of nitrogens with two attached hydrogens (primary N) is 1. The molecular weight excluding hydrogens is 574 g/mol. The number of urea groups is 1. The van der Waals surface area contributed by atoms with Gasteiger partial charge in [0.05, 0.1) is 17.7 Å². The van der Waals surface area contributed by atoms with Crippen molar-refractivity contribution >= 4 is 41.1 Å². The first-order valence-electron chi connectivity index (χ1n) is 13.7. The van der Waals surface area contributed by atoms with Crippen molar-refractivity contribution in [1.82, 2.24) is 25.3 Å². The molecule has 0 bridgehead atoms. The number of halogens is 1. The predicted molar refractivity (Wildman–Crippen MR) is 159 cm³/mol. The lowest BCUT2D eigenvalue weighted by atomic mass is 9.97. The van der Waals surface area contributed by atoms with Crippen LogP contribution in [0.3, 0.4) is 0 Å². The van der Waals surface area contributed by atoms with E-state index in [1.807, 2.05) is 32.9 Å². The molecule has 0 spiro atoms. The van der Waals surface area contributed by atoms with Crippen molar-refractivity contribution in [2.24, 2.45) is 10.7 Å². The second-order valence-electron chi connectivity index (χ2n) is 11.3. The maximum absolute atomic E-state index is 14.3. The number of hydrogen-bond donors (Lipinski definition) is 3. The molecule has 1 saturated heterocycles. The van der Waals surface area contributed by atoms with Gasteiger partial charge in [-0.2, -0.15) is 5.10 Å². The molecule has 2 aliphatic rings. The van der Waals surface area contributed by atoms with Crippen LogP contribution in [0, 0.1) is 0 Å². The Morgan fingerprint density at radius 2 is 1.86 bits per heavy atom. The largest absolute Gasteiger partial charge is 0.487 e. The number of nitrogens with one attached hydrogen (secondary N) is 2. The van der Waals surface area contributed by atoms with Gasteiger partial charge in [-0.05, 0) is 56.7 Å². The van der Waals surface area contributed by atoms with Gasteiger partial charge in [-0.3, -0.25) is 29.4 Å². The molecule has 4 amide bonds. The van der Waals surface area contributed by atoms with Crippen LogP contribution in [0.4, 0.5) is 4.79 Å². The topological polar surface area (TPSA) is 163 Å². The minimum atomic E-state index is -0.747. The third-order valence-corrected chi connectivity index (χ3v) is 7.18. The summed E-state index contributed by atoms with van der Waals surface area (Å²) >= 11 is 6.19. The number of piperazine rings is 1. The fourth-order valence-electron chi connectivity index (χ4n) is 5.11. The number of hydrogen-bond acceptors (Lipinski definition) is 7. The van der Waals surface area contributed by atoms with E-state index >= 15 is 0 Å². The highest BCUT2D eigenvalue weighted by Gasteiger charge is 2.46. The number of aliphatic imine (C=N–C) groups is 1. The molecule has 4 N–H and O–H groups in total. The highest BCUT2D eigenvalue weighted by atomic mass is 35.5. The quantitative estimate of drug-likeness (QED) is 0.276. The van der Waals surface area contributed by atoms with E-state index in [1.54, 1.807) is 41.4 Å². The molecule has 1 fully saturated rings. The normalized spacial score (nSPS) is 18.7. The Morgan fingerprint density at radius 3 is 2.49 bits per heavy atom. The molecule has 0 aliphatic carbocycles. The number of carbonyl (C=O) groups excluding carboxylic acids is 4. The first-order valence-corrected chi connectivity index (χ1v) is 14.1. The number of aromatic amines is 1. The van der Waals surface area contributed by atoms with Crippen molar-refractivity contribution in [3.63, 3.8) is 0 Å². The molecule has 12 nitrogen and oxygen atoms in total. The average molecular weight is 606 g/mol. The van der Waals surface area contributed by atoms with Gasteiger partial charge in [0, 0.05) is 29.9 Å². The molecule has 3 heterocycles. The summed E-state index contributed by atoms with van der Waals surface area (Å²) in [7, 11) is 0. The standard InChI is InChI=1S/C30H32ClN7O5/c1-30(2,3)43-23-14-18(22(39)15-24(32)40)6-9-20(23)28-35-26(17-4-7-19(31)8-5-17)27(21-10-11-34-36-21)38(28)29(42)37-13-12-33-25(41)16-37/h4-11,14,26-27H,12-13,15-16H2,1-3H3,(H2,32,40)(H,33,41)(H,34,36). The third kappa shape index (κ3) is 6.54. The minimum absolute atomic E-state index is 0.115. The Hall–Kier alpha value is -4.71. The van der Waals surface area contributed by atoms with Crippen LogP contribution in [0.25, 0.3) is 0 Å². The number of carbonyl (C=O) groups is 4. The second kappa shape index (κ2) is 11.9. The molecule has 5 rings (SSSR count). The summed E-state index contributed by atoms with van der Waals surface area (Å²) < 4.78 is 6.31. The lowest BCUT2D eigenvalue weighted by Crippen LogP contribution is -2.55. The summed E-state index contributed by atoms with van der Waals surface area (Å²) in [5.74, 6) is -0.908. The number of nitrogens with zero attached hydrogens (tertiary/aromatic N) is 4. The van der Waals surface area contributed by atoms with E-state index in [1.165, 1.54) is 11.0 Å². The molecule has 13 heteroatoms. The number of Topliss-reactive ketones (excluding diaryl/α,β-unsaturated/α-hetero) is 1. The van der Waals surface area contributed by atoms with E-state index in [0.717, 1.165) is 5.56 Å². The average Bonchev–Trinajstić information content (AvgIpc) is 3.60. The molecule has 3 aromatic rings. The molecule has 2 aliphatic heterocycles. The monoisotopic (exact) mass is 605 g/mol. The van der Waals surface area contributed by atoms with Gasteiger partial charge in [0.25, 0.3) is 0 Å². The van der Waals surface area contributed by atoms with Gasteiger partial charge < -0.3 is 20.7 Å². The van der Waals surface area contributed by atoms with Gasteiger partial charge in [0.2, 0.25) is 11.8 Å². The summed E-state index contributed by atoms with van der Waals surface area (Å²) in [5, 5.41) is 10.4. The summed E-state index contributed by atoms with van der Waals surface area (Å²) in [6, 6.07) is 12.0. The Labute approximate surface area is 253 Å². The number of aromatic nitrogens is 2. The van der Waals surface area contributed by atoms with Crippen LogP contribution in [0.5, 0.6) is 5.75 Å². The maximum atomic E-state index is 14.3. The number of H-pyrrole nitrogens is 1. The van der Waals surface area contributed by atoms with Gasteiger partial charge in [0.1, 0.15) is 35.8 Å². The second-order valence-corrected chi connectivity index (χ2v) is 11.8. The number of amides is 4. The maximum Gasteiger partial charge on any atom is 0.326 e. The van der Waals surface area contributed by atoms with Crippen LogP contribution in [-0.2, 0) is 9.59 Å². The van der Waals surface area contributed by atoms with Gasteiger partial charge in [-0.15, -0.1) is 0 Å². The van der Waals surface area contributed by atoms with E-state index in [0.29, 0.717) is 29.4 Å². The van der Waals surface area contributed by atoms with Crippen molar-refractivity contribution < 1.29 is 23.9 Å². The Balaban J connectivity index is 1.69. The van der Waals surface area contributed by atoms with Crippen molar-refractivity contribution in [2.75, 3.05) is 19.6 Å². The fraction of sp³-hybridized carbons (Fsp3) is 0.333. The lowest BCUT2D eigenvalue weighted by molar-refractivity contribution is -0.123. The molecule has 2 aromatic carbocycles. The molecular formula is C30H32ClN7O5.